The van der Waals surface area contributed by atoms with Gasteiger partial charge in [0.25, 0.3) is 0 Å². The van der Waals surface area contributed by atoms with Gasteiger partial charge < -0.3 is 20.1 Å². The Morgan fingerprint density at radius 3 is 2.74 bits per heavy atom. The summed E-state index contributed by atoms with van der Waals surface area (Å²) in [6.45, 7) is 2.44. The molecule has 0 bridgehead atoms. The topological polar surface area (TPSA) is 64.8 Å². The van der Waals surface area contributed by atoms with E-state index in [2.05, 4.69) is 4.74 Å². The number of nitrogens with zero attached hydrogens (tertiary/aromatic N) is 1. The van der Waals surface area contributed by atoms with Gasteiger partial charge in [-0.05, 0) is 13.1 Å². The number of rotatable bonds is 8. The molecule has 0 amide bonds. The lowest BCUT2D eigenvalue weighted by atomic mass is 10.2. The van der Waals surface area contributed by atoms with Gasteiger partial charge >= 0.3 is 5.97 Å². The van der Waals surface area contributed by atoms with Gasteiger partial charge in [0.1, 0.15) is 12.4 Å². The van der Waals surface area contributed by atoms with Crippen LogP contribution in [0, 0.1) is 0 Å². The number of nitrogens with two attached hydrogens (primary N) is 1. The molecule has 0 aromatic heterocycles. The molecule has 0 unspecified atom stereocenters. The van der Waals surface area contributed by atoms with Crippen LogP contribution < -0.4 is 10.5 Å². The smallest absolute Gasteiger partial charge is 0.306 e. The molecule has 2 N–H and O–H groups in total. The maximum atomic E-state index is 11.0. The quantitative estimate of drug-likeness (QED) is 0.712. The van der Waals surface area contributed by atoms with Crippen molar-refractivity contribution in [1.29, 1.82) is 0 Å². The Morgan fingerprint density at radius 2 is 2.05 bits per heavy atom. The SMILES string of the molecule is COC(=O)CCN(C)CCOc1ccccc1CN. The molecule has 5 heteroatoms. The van der Waals surface area contributed by atoms with Crippen molar-refractivity contribution in [3.63, 3.8) is 0 Å². The molecule has 0 aliphatic carbocycles. The first kappa shape index (κ1) is 15.5. The fourth-order valence-electron chi connectivity index (χ4n) is 1.62. The second-order valence-electron chi connectivity index (χ2n) is 4.29. The summed E-state index contributed by atoms with van der Waals surface area (Å²) in [6, 6.07) is 7.74. The molecule has 106 valence electrons. The summed E-state index contributed by atoms with van der Waals surface area (Å²) in [6.07, 6.45) is 0.395. The summed E-state index contributed by atoms with van der Waals surface area (Å²) >= 11 is 0. The zero-order valence-electron chi connectivity index (χ0n) is 11.6. The standard InChI is InChI=1S/C14H22N2O3/c1-16(8-7-14(17)18-2)9-10-19-13-6-4-3-5-12(13)11-15/h3-6H,7-11,15H2,1-2H3. The number of hydrogen-bond donors (Lipinski definition) is 1. The summed E-state index contributed by atoms with van der Waals surface area (Å²) in [5, 5.41) is 0. The molecule has 0 spiro atoms. The van der Waals surface area contributed by atoms with Crippen LogP contribution in [0.2, 0.25) is 0 Å². The van der Waals surface area contributed by atoms with Gasteiger partial charge in [-0.15, -0.1) is 0 Å². The molecule has 1 aromatic rings. The van der Waals surface area contributed by atoms with Gasteiger partial charge in [0.15, 0.2) is 0 Å². The Bertz CT molecular complexity index is 396. The van der Waals surface area contributed by atoms with Gasteiger partial charge in [-0.1, -0.05) is 18.2 Å². The minimum atomic E-state index is -0.193. The third kappa shape index (κ3) is 5.72. The highest BCUT2D eigenvalue weighted by Gasteiger charge is 2.05. The van der Waals surface area contributed by atoms with Crippen LogP contribution in [0.4, 0.5) is 0 Å². The first-order valence-corrected chi connectivity index (χ1v) is 6.33. The van der Waals surface area contributed by atoms with Crippen molar-refractivity contribution in [2.24, 2.45) is 5.73 Å². The molecule has 0 aliphatic rings. The number of likely N-dealkylation sites (N-methyl/N-ethyl adjacent to an activating group) is 1. The molecule has 1 rings (SSSR count). The second-order valence-corrected chi connectivity index (χ2v) is 4.29. The van der Waals surface area contributed by atoms with Crippen molar-refractivity contribution in [2.75, 3.05) is 33.9 Å². The molecule has 0 aliphatic heterocycles. The minimum absolute atomic E-state index is 0.193. The van der Waals surface area contributed by atoms with Crippen LogP contribution in [0.5, 0.6) is 5.75 Å². The van der Waals surface area contributed by atoms with Crippen molar-refractivity contribution in [3.05, 3.63) is 29.8 Å². The number of hydrogen-bond acceptors (Lipinski definition) is 5. The number of esters is 1. The van der Waals surface area contributed by atoms with Crippen molar-refractivity contribution < 1.29 is 14.3 Å². The summed E-state index contributed by atoms with van der Waals surface area (Å²) in [5.74, 6) is 0.632. The van der Waals surface area contributed by atoms with Crippen LogP contribution in [0.25, 0.3) is 0 Å². The van der Waals surface area contributed by atoms with E-state index in [1.54, 1.807) is 0 Å². The molecule has 1 aromatic carbocycles. The number of para-hydroxylation sites is 1. The average Bonchev–Trinajstić information content (AvgIpc) is 2.45. The Kier molecular flexibility index (Phi) is 6.92. The predicted molar refractivity (Wildman–Crippen MR) is 74.0 cm³/mol. The largest absolute Gasteiger partial charge is 0.492 e. The molecule has 0 atom stereocenters. The predicted octanol–water partition coefficient (Wildman–Crippen LogP) is 1.02. The van der Waals surface area contributed by atoms with E-state index in [-0.39, 0.29) is 5.97 Å². The molecule has 0 radical (unpaired) electrons. The summed E-state index contributed by atoms with van der Waals surface area (Å²) in [4.78, 5) is 13.0. The van der Waals surface area contributed by atoms with E-state index in [1.807, 2.05) is 36.2 Å². The Hall–Kier alpha value is -1.59. The van der Waals surface area contributed by atoms with Crippen LogP contribution >= 0.6 is 0 Å². The van der Waals surface area contributed by atoms with Crippen LogP contribution in [-0.4, -0.2) is 44.7 Å². The molecule has 5 nitrogen and oxygen atoms in total. The number of carbonyl (C=O) groups is 1. The summed E-state index contributed by atoms with van der Waals surface area (Å²) in [7, 11) is 3.34. The van der Waals surface area contributed by atoms with E-state index in [0.717, 1.165) is 17.9 Å². The van der Waals surface area contributed by atoms with Crippen molar-refractivity contribution in [2.45, 2.75) is 13.0 Å². The molecule has 0 fully saturated rings. The van der Waals surface area contributed by atoms with Crippen molar-refractivity contribution >= 4 is 5.97 Å². The van der Waals surface area contributed by atoms with Gasteiger partial charge in [0, 0.05) is 25.2 Å². The van der Waals surface area contributed by atoms with E-state index in [9.17, 15) is 4.79 Å². The minimum Gasteiger partial charge on any atom is -0.492 e. The number of ether oxygens (including phenoxy) is 2. The first-order valence-electron chi connectivity index (χ1n) is 6.33. The van der Waals surface area contributed by atoms with Crippen LogP contribution in [0.3, 0.4) is 0 Å². The normalized spacial score (nSPS) is 10.5. The first-order chi connectivity index (χ1) is 9.17. The molecule has 0 saturated carbocycles. The Balaban J connectivity index is 2.27. The lowest BCUT2D eigenvalue weighted by molar-refractivity contribution is -0.140. The lowest BCUT2D eigenvalue weighted by Gasteiger charge is -2.17. The summed E-state index contributed by atoms with van der Waals surface area (Å²) < 4.78 is 10.3. The van der Waals surface area contributed by atoms with E-state index in [4.69, 9.17) is 10.5 Å². The van der Waals surface area contributed by atoms with Gasteiger partial charge in [-0.2, -0.15) is 0 Å². The zero-order chi connectivity index (χ0) is 14.1. The zero-order valence-corrected chi connectivity index (χ0v) is 11.6. The van der Waals surface area contributed by atoms with Gasteiger partial charge in [0.2, 0.25) is 0 Å². The molecular weight excluding hydrogens is 244 g/mol. The van der Waals surface area contributed by atoms with Crippen molar-refractivity contribution in [1.82, 2.24) is 4.90 Å². The maximum absolute atomic E-state index is 11.0. The maximum Gasteiger partial charge on any atom is 0.306 e. The van der Waals surface area contributed by atoms with Gasteiger partial charge in [-0.25, -0.2) is 0 Å². The third-order valence-electron chi connectivity index (χ3n) is 2.85. The van der Waals surface area contributed by atoms with Gasteiger partial charge in [-0.3, -0.25) is 4.79 Å². The summed E-state index contributed by atoms with van der Waals surface area (Å²) in [5.41, 5.74) is 6.64. The van der Waals surface area contributed by atoms with Crippen LogP contribution in [0.1, 0.15) is 12.0 Å². The highest BCUT2D eigenvalue weighted by Crippen LogP contribution is 2.16. The van der Waals surface area contributed by atoms with E-state index in [0.29, 0.717) is 26.1 Å². The average molecular weight is 266 g/mol. The lowest BCUT2D eigenvalue weighted by Crippen LogP contribution is -2.27. The Labute approximate surface area is 114 Å². The fourth-order valence-corrected chi connectivity index (χ4v) is 1.62. The monoisotopic (exact) mass is 266 g/mol. The van der Waals surface area contributed by atoms with Crippen molar-refractivity contribution in [3.8, 4) is 5.75 Å². The van der Waals surface area contributed by atoms with E-state index < -0.39 is 0 Å². The second kappa shape index (κ2) is 8.50. The van der Waals surface area contributed by atoms with E-state index >= 15 is 0 Å². The highest BCUT2D eigenvalue weighted by molar-refractivity contribution is 5.69. The van der Waals surface area contributed by atoms with Gasteiger partial charge in [0.05, 0.1) is 13.5 Å². The number of methoxy groups -OCH3 is 1. The fraction of sp³-hybridized carbons (Fsp3) is 0.500. The van der Waals surface area contributed by atoms with Crippen LogP contribution in [-0.2, 0) is 16.1 Å². The highest BCUT2D eigenvalue weighted by atomic mass is 16.5. The third-order valence-corrected chi connectivity index (χ3v) is 2.85. The number of carbonyl (C=O) groups excluding carboxylic acids is 1. The number of benzene rings is 1. The van der Waals surface area contributed by atoms with Crippen LogP contribution in [0.15, 0.2) is 24.3 Å². The molecule has 19 heavy (non-hydrogen) atoms. The Morgan fingerprint density at radius 1 is 1.32 bits per heavy atom. The molecule has 0 saturated heterocycles. The molecule has 0 heterocycles. The van der Waals surface area contributed by atoms with E-state index in [1.165, 1.54) is 7.11 Å². The molecular formula is C14H22N2O3.